The van der Waals surface area contributed by atoms with Gasteiger partial charge in [-0.05, 0) is 31.6 Å². The molecule has 2 aliphatic heterocycles. The average molecular weight is 440 g/mol. The zero-order chi connectivity index (χ0) is 21.4. The first-order chi connectivity index (χ1) is 15.2. The van der Waals surface area contributed by atoms with E-state index in [-0.39, 0.29) is 5.91 Å². The minimum absolute atomic E-state index is 0.245. The highest BCUT2D eigenvalue weighted by atomic mass is 17.4. The largest absolute Gasteiger partial charge is 0.378 e. The molecule has 31 heavy (non-hydrogen) atoms. The SMILES string of the molecule is O=C(CC1CCC2(CC1)OOC1(CCCCCCCCCCC1)OO2)N1CCOCC1. The summed E-state index contributed by atoms with van der Waals surface area (Å²) in [6, 6.07) is 0. The van der Waals surface area contributed by atoms with Crippen molar-refractivity contribution in [1.29, 1.82) is 0 Å². The summed E-state index contributed by atoms with van der Waals surface area (Å²) in [5.74, 6) is -0.957. The van der Waals surface area contributed by atoms with Crippen LogP contribution in [-0.2, 0) is 29.1 Å². The fourth-order valence-electron chi connectivity index (χ4n) is 5.33. The minimum atomic E-state index is -0.812. The van der Waals surface area contributed by atoms with Gasteiger partial charge in [0.2, 0.25) is 17.5 Å². The number of morpholine rings is 1. The van der Waals surface area contributed by atoms with Gasteiger partial charge in [-0.1, -0.05) is 44.9 Å². The molecule has 0 aromatic rings. The van der Waals surface area contributed by atoms with Gasteiger partial charge >= 0.3 is 0 Å². The number of rotatable bonds is 2. The summed E-state index contributed by atoms with van der Waals surface area (Å²) < 4.78 is 5.35. The van der Waals surface area contributed by atoms with Crippen LogP contribution in [0, 0.1) is 5.92 Å². The van der Waals surface area contributed by atoms with Gasteiger partial charge in [0.05, 0.1) is 13.2 Å². The summed E-state index contributed by atoms with van der Waals surface area (Å²) >= 11 is 0. The number of ether oxygens (including phenoxy) is 1. The Labute approximate surface area is 186 Å². The molecule has 2 heterocycles. The van der Waals surface area contributed by atoms with Crippen molar-refractivity contribution in [2.45, 2.75) is 114 Å². The van der Waals surface area contributed by atoms with Crippen LogP contribution in [-0.4, -0.2) is 48.7 Å². The third kappa shape index (κ3) is 6.64. The molecule has 2 saturated heterocycles. The van der Waals surface area contributed by atoms with Crippen molar-refractivity contribution in [2.75, 3.05) is 26.3 Å². The van der Waals surface area contributed by atoms with E-state index in [0.29, 0.717) is 51.5 Å². The summed E-state index contributed by atoms with van der Waals surface area (Å²) in [5, 5.41) is 0. The maximum atomic E-state index is 12.6. The summed E-state index contributed by atoms with van der Waals surface area (Å²) in [7, 11) is 0. The Balaban J connectivity index is 1.23. The summed E-state index contributed by atoms with van der Waals surface area (Å²) in [6.07, 6.45) is 16.6. The standard InChI is InChI=1S/C24H41NO6/c26-22(25-16-18-27-19-17-25)20-21-10-14-24(15-11-21)30-28-23(29-31-24)12-8-6-4-2-1-3-5-7-9-13-23/h21H,1-20H2. The smallest absolute Gasteiger partial charge is 0.234 e. The van der Waals surface area contributed by atoms with E-state index >= 15 is 0 Å². The molecular weight excluding hydrogens is 398 g/mol. The lowest BCUT2D eigenvalue weighted by Gasteiger charge is -2.45. The molecule has 0 bridgehead atoms. The second kappa shape index (κ2) is 11.4. The Morgan fingerprint density at radius 2 is 1.13 bits per heavy atom. The number of hydrogen-bond acceptors (Lipinski definition) is 6. The Kier molecular flexibility index (Phi) is 8.63. The zero-order valence-electron chi connectivity index (χ0n) is 19.1. The van der Waals surface area contributed by atoms with Gasteiger partial charge in [0.15, 0.2) is 0 Å². The molecule has 2 spiro atoms. The molecule has 2 saturated carbocycles. The second-order valence-electron chi connectivity index (χ2n) is 9.98. The zero-order valence-corrected chi connectivity index (χ0v) is 19.1. The van der Waals surface area contributed by atoms with Crippen molar-refractivity contribution in [2.24, 2.45) is 5.92 Å². The maximum absolute atomic E-state index is 12.6. The normalized spacial score (nSPS) is 28.7. The molecule has 0 aromatic heterocycles. The van der Waals surface area contributed by atoms with E-state index in [1.54, 1.807) is 0 Å². The van der Waals surface area contributed by atoms with Gasteiger partial charge in [-0.25, -0.2) is 0 Å². The predicted octanol–water partition coefficient (Wildman–Crippen LogP) is 5.03. The van der Waals surface area contributed by atoms with Crippen molar-refractivity contribution >= 4 is 5.91 Å². The number of nitrogens with zero attached hydrogens (tertiary/aromatic N) is 1. The molecule has 1 amide bonds. The van der Waals surface area contributed by atoms with Crippen molar-refractivity contribution < 1.29 is 29.1 Å². The quantitative estimate of drug-likeness (QED) is 0.562. The predicted molar refractivity (Wildman–Crippen MR) is 115 cm³/mol. The molecule has 4 fully saturated rings. The monoisotopic (exact) mass is 439 g/mol. The number of carbonyl (C=O) groups is 1. The highest BCUT2D eigenvalue weighted by Crippen LogP contribution is 2.44. The van der Waals surface area contributed by atoms with Crippen molar-refractivity contribution in [3.8, 4) is 0 Å². The Morgan fingerprint density at radius 3 is 1.65 bits per heavy atom. The van der Waals surface area contributed by atoms with E-state index in [0.717, 1.165) is 38.5 Å². The van der Waals surface area contributed by atoms with E-state index in [2.05, 4.69) is 0 Å². The van der Waals surface area contributed by atoms with Crippen LogP contribution in [0.25, 0.3) is 0 Å². The van der Waals surface area contributed by atoms with Crippen LogP contribution in [0.4, 0.5) is 0 Å². The lowest BCUT2D eigenvalue weighted by Crippen LogP contribution is -2.52. The summed E-state index contributed by atoms with van der Waals surface area (Å²) in [4.78, 5) is 38.3. The molecule has 0 unspecified atom stereocenters. The van der Waals surface area contributed by atoms with Gasteiger partial charge < -0.3 is 9.64 Å². The lowest BCUT2D eigenvalue weighted by molar-refractivity contribution is -0.662. The first-order valence-corrected chi connectivity index (χ1v) is 12.8. The number of amides is 1. The second-order valence-corrected chi connectivity index (χ2v) is 9.98. The van der Waals surface area contributed by atoms with E-state index in [9.17, 15) is 4.79 Å². The molecule has 0 N–H and O–H groups in total. The number of carbonyl (C=O) groups excluding carboxylic acids is 1. The fraction of sp³-hybridized carbons (Fsp3) is 0.958. The Bertz CT molecular complexity index is 532. The molecular formula is C24H41NO6. The van der Waals surface area contributed by atoms with Crippen molar-refractivity contribution in [1.82, 2.24) is 4.90 Å². The van der Waals surface area contributed by atoms with Crippen molar-refractivity contribution in [3.63, 3.8) is 0 Å². The molecule has 0 atom stereocenters. The van der Waals surface area contributed by atoms with Crippen LogP contribution in [0.2, 0.25) is 0 Å². The van der Waals surface area contributed by atoms with Crippen LogP contribution < -0.4 is 0 Å². The third-order valence-corrected chi connectivity index (χ3v) is 7.50. The molecule has 4 aliphatic rings. The van der Waals surface area contributed by atoms with Gasteiger partial charge in [0, 0.05) is 45.2 Å². The lowest BCUT2D eigenvalue weighted by atomic mass is 9.83. The summed E-state index contributed by atoms with van der Waals surface area (Å²) in [5.41, 5.74) is 0. The van der Waals surface area contributed by atoms with E-state index in [1.165, 1.54) is 44.9 Å². The third-order valence-electron chi connectivity index (χ3n) is 7.50. The number of hydrogen-bond donors (Lipinski definition) is 0. The highest BCUT2D eigenvalue weighted by Gasteiger charge is 2.50. The molecule has 7 heteroatoms. The summed E-state index contributed by atoms with van der Waals surface area (Å²) in [6.45, 7) is 2.73. The molecule has 7 nitrogen and oxygen atoms in total. The molecule has 2 aliphatic carbocycles. The molecule has 178 valence electrons. The maximum Gasteiger partial charge on any atom is 0.234 e. The van der Waals surface area contributed by atoms with Gasteiger partial charge in [-0.15, -0.1) is 0 Å². The van der Waals surface area contributed by atoms with E-state index in [1.807, 2.05) is 4.90 Å². The Morgan fingerprint density at radius 1 is 0.677 bits per heavy atom. The van der Waals surface area contributed by atoms with Crippen LogP contribution in [0.5, 0.6) is 0 Å². The van der Waals surface area contributed by atoms with Crippen LogP contribution in [0.1, 0.15) is 103 Å². The van der Waals surface area contributed by atoms with Crippen LogP contribution in [0.3, 0.4) is 0 Å². The van der Waals surface area contributed by atoms with E-state index in [4.69, 9.17) is 24.3 Å². The van der Waals surface area contributed by atoms with Gasteiger partial charge in [0.1, 0.15) is 0 Å². The Hall–Kier alpha value is -0.730. The molecule has 0 aromatic carbocycles. The topological polar surface area (TPSA) is 66.5 Å². The molecule has 0 radical (unpaired) electrons. The van der Waals surface area contributed by atoms with Gasteiger partial charge in [0.25, 0.3) is 0 Å². The first-order valence-electron chi connectivity index (χ1n) is 12.8. The molecule has 4 rings (SSSR count). The first kappa shape index (κ1) is 23.4. The van der Waals surface area contributed by atoms with Gasteiger partial charge in [-0.3, -0.25) is 4.79 Å². The minimum Gasteiger partial charge on any atom is -0.378 e. The average Bonchev–Trinajstić information content (AvgIpc) is 2.80. The van der Waals surface area contributed by atoms with Crippen molar-refractivity contribution in [3.05, 3.63) is 0 Å². The van der Waals surface area contributed by atoms with E-state index < -0.39 is 11.6 Å². The van der Waals surface area contributed by atoms with Gasteiger partial charge in [-0.2, -0.15) is 19.6 Å². The van der Waals surface area contributed by atoms with Crippen LogP contribution >= 0.6 is 0 Å². The fourth-order valence-corrected chi connectivity index (χ4v) is 5.33. The van der Waals surface area contributed by atoms with Crippen LogP contribution in [0.15, 0.2) is 0 Å². The highest BCUT2D eigenvalue weighted by molar-refractivity contribution is 5.76.